The highest BCUT2D eigenvalue weighted by Crippen LogP contribution is 2.21. The Bertz CT molecular complexity index is 818. The Morgan fingerprint density at radius 3 is 2.20 bits per heavy atom. The zero-order valence-electron chi connectivity index (χ0n) is 14.1. The van der Waals surface area contributed by atoms with Crippen molar-refractivity contribution >= 4 is 33.2 Å². The van der Waals surface area contributed by atoms with Crippen LogP contribution in [0.15, 0.2) is 48.5 Å². The van der Waals surface area contributed by atoms with E-state index in [9.17, 15) is 13.2 Å². The number of aryl methyl sites for hydroxylation is 1. The number of carbonyl (C=O) groups is 1. The molecule has 0 aliphatic heterocycles. The van der Waals surface area contributed by atoms with E-state index in [1.165, 1.54) is 5.56 Å². The highest BCUT2D eigenvalue weighted by molar-refractivity contribution is 7.88. The summed E-state index contributed by atoms with van der Waals surface area (Å²) in [5.74, 6) is -0.277. The van der Waals surface area contributed by atoms with Crippen LogP contribution in [0.4, 0.5) is 5.69 Å². The molecule has 1 amide bonds. The number of halogens is 1. The topological polar surface area (TPSA) is 75.3 Å². The Kier molecular flexibility index (Phi) is 6.58. The van der Waals surface area contributed by atoms with Gasteiger partial charge >= 0.3 is 0 Å². The average Bonchev–Trinajstić information content (AvgIpc) is 2.54. The van der Waals surface area contributed by atoms with Gasteiger partial charge in [0.25, 0.3) is 0 Å². The fourth-order valence-corrected chi connectivity index (χ4v) is 3.26. The minimum Gasteiger partial charge on any atom is -0.326 e. The summed E-state index contributed by atoms with van der Waals surface area (Å²) in [7, 11) is -3.47. The standard InChI is InChI=1S/C18H21ClN2O3S/c1-3-13-4-10-16(11-5-13)20-18(22)12-17(21-25(2,23)24)14-6-8-15(19)9-7-14/h4-11,17,21H,3,12H2,1-2H3,(H,20,22)/t17-/m1/s1. The van der Waals surface area contributed by atoms with Crippen molar-refractivity contribution in [3.63, 3.8) is 0 Å². The smallest absolute Gasteiger partial charge is 0.226 e. The lowest BCUT2D eigenvalue weighted by molar-refractivity contribution is -0.116. The van der Waals surface area contributed by atoms with E-state index >= 15 is 0 Å². The van der Waals surface area contributed by atoms with E-state index in [1.54, 1.807) is 24.3 Å². The van der Waals surface area contributed by atoms with Crippen LogP contribution < -0.4 is 10.0 Å². The van der Waals surface area contributed by atoms with Crippen molar-refractivity contribution in [2.75, 3.05) is 11.6 Å². The van der Waals surface area contributed by atoms with Crippen LogP contribution in [-0.2, 0) is 21.2 Å². The van der Waals surface area contributed by atoms with Gasteiger partial charge in [-0.1, -0.05) is 42.8 Å². The van der Waals surface area contributed by atoms with E-state index < -0.39 is 16.1 Å². The van der Waals surface area contributed by atoms with Gasteiger partial charge in [-0.2, -0.15) is 0 Å². The molecule has 2 aromatic carbocycles. The summed E-state index contributed by atoms with van der Waals surface area (Å²) in [5.41, 5.74) is 2.53. The van der Waals surface area contributed by atoms with Crippen LogP contribution in [0.5, 0.6) is 0 Å². The van der Waals surface area contributed by atoms with Gasteiger partial charge in [-0.25, -0.2) is 13.1 Å². The van der Waals surface area contributed by atoms with E-state index in [2.05, 4.69) is 17.0 Å². The second kappa shape index (κ2) is 8.47. The molecule has 0 aliphatic rings. The molecule has 0 bridgehead atoms. The van der Waals surface area contributed by atoms with E-state index in [0.717, 1.165) is 12.7 Å². The maximum Gasteiger partial charge on any atom is 0.226 e. The molecule has 1 atom stereocenters. The zero-order valence-corrected chi connectivity index (χ0v) is 15.7. The van der Waals surface area contributed by atoms with Crippen molar-refractivity contribution in [3.8, 4) is 0 Å². The molecular formula is C18H21ClN2O3S. The van der Waals surface area contributed by atoms with E-state index in [1.807, 2.05) is 24.3 Å². The first-order chi connectivity index (χ1) is 11.8. The third-order valence-corrected chi connectivity index (χ3v) is 4.63. The minimum absolute atomic E-state index is 0.0236. The van der Waals surface area contributed by atoms with Crippen molar-refractivity contribution in [3.05, 3.63) is 64.7 Å². The van der Waals surface area contributed by atoms with Gasteiger partial charge in [-0.05, 0) is 41.8 Å². The van der Waals surface area contributed by atoms with Crippen molar-refractivity contribution in [1.29, 1.82) is 0 Å². The van der Waals surface area contributed by atoms with Crippen LogP contribution in [0.2, 0.25) is 5.02 Å². The van der Waals surface area contributed by atoms with Gasteiger partial charge in [0, 0.05) is 17.1 Å². The van der Waals surface area contributed by atoms with Gasteiger partial charge in [0.05, 0.1) is 12.3 Å². The van der Waals surface area contributed by atoms with Gasteiger partial charge in [0.1, 0.15) is 0 Å². The van der Waals surface area contributed by atoms with Crippen LogP contribution in [0.3, 0.4) is 0 Å². The summed E-state index contributed by atoms with van der Waals surface area (Å²) in [6, 6.07) is 13.6. The molecule has 134 valence electrons. The molecule has 0 aromatic heterocycles. The Balaban J connectivity index is 2.11. The van der Waals surface area contributed by atoms with E-state index in [4.69, 9.17) is 11.6 Å². The highest BCUT2D eigenvalue weighted by Gasteiger charge is 2.20. The Hall–Kier alpha value is -1.89. The molecule has 0 aliphatic carbocycles. The van der Waals surface area contributed by atoms with Gasteiger partial charge in [0.2, 0.25) is 15.9 Å². The van der Waals surface area contributed by atoms with Gasteiger partial charge in [-0.15, -0.1) is 0 Å². The number of benzene rings is 2. The van der Waals surface area contributed by atoms with Gasteiger partial charge in [0.15, 0.2) is 0 Å². The largest absolute Gasteiger partial charge is 0.326 e. The number of amides is 1. The molecular weight excluding hydrogens is 360 g/mol. The maximum absolute atomic E-state index is 12.3. The molecule has 25 heavy (non-hydrogen) atoms. The average molecular weight is 381 g/mol. The summed E-state index contributed by atoms with van der Waals surface area (Å²) in [6.45, 7) is 2.06. The molecule has 0 radical (unpaired) electrons. The number of nitrogens with one attached hydrogen (secondary N) is 2. The first-order valence-corrected chi connectivity index (χ1v) is 10.2. The summed E-state index contributed by atoms with van der Waals surface area (Å²) >= 11 is 5.87. The number of hydrogen-bond donors (Lipinski definition) is 2. The molecule has 0 saturated heterocycles. The Labute approximate surface area is 153 Å². The molecule has 0 fully saturated rings. The lowest BCUT2D eigenvalue weighted by Crippen LogP contribution is -2.30. The number of sulfonamides is 1. The first-order valence-electron chi connectivity index (χ1n) is 7.88. The quantitative estimate of drug-likeness (QED) is 0.771. The fraction of sp³-hybridized carbons (Fsp3) is 0.278. The molecule has 2 aromatic rings. The predicted octanol–water partition coefficient (Wildman–Crippen LogP) is 3.52. The molecule has 0 unspecified atom stereocenters. The maximum atomic E-state index is 12.3. The first kappa shape index (κ1) is 19.4. The van der Waals surface area contributed by atoms with Gasteiger partial charge < -0.3 is 5.32 Å². The summed E-state index contributed by atoms with van der Waals surface area (Å²) < 4.78 is 25.7. The molecule has 5 nitrogen and oxygen atoms in total. The van der Waals surface area contributed by atoms with Crippen molar-refractivity contribution in [2.24, 2.45) is 0 Å². The number of carbonyl (C=O) groups excluding carboxylic acids is 1. The molecule has 2 N–H and O–H groups in total. The van der Waals surface area contributed by atoms with Gasteiger partial charge in [-0.3, -0.25) is 4.79 Å². The van der Waals surface area contributed by atoms with Crippen LogP contribution in [0.1, 0.15) is 30.5 Å². The van der Waals surface area contributed by atoms with Crippen molar-refractivity contribution in [1.82, 2.24) is 4.72 Å². The van der Waals surface area contributed by atoms with Crippen LogP contribution in [0, 0.1) is 0 Å². The second-order valence-electron chi connectivity index (χ2n) is 5.80. The minimum atomic E-state index is -3.47. The highest BCUT2D eigenvalue weighted by atomic mass is 35.5. The van der Waals surface area contributed by atoms with Crippen LogP contribution in [0.25, 0.3) is 0 Å². The molecule has 7 heteroatoms. The number of rotatable bonds is 7. The zero-order chi connectivity index (χ0) is 18.4. The molecule has 2 rings (SSSR count). The Morgan fingerprint density at radius 1 is 1.08 bits per heavy atom. The van der Waals surface area contributed by atoms with Crippen molar-refractivity contribution < 1.29 is 13.2 Å². The number of anilines is 1. The van der Waals surface area contributed by atoms with Crippen LogP contribution >= 0.6 is 11.6 Å². The van der Waals surface area contributed by atoms with Crippen LogP contribution in [-0.4, -0.2) is 20.6 Å². The predicted molar refractivity (Wildman–Crippen MR) is 101 cm³/mol. The molecule has 0 saturated carbocycles. The number of hydrogen-bond acceptors (Lipinski definition) is 3. The van der Waals surface area contributed by atoms with E-state index in [0.29, 0.717) is 16.3 Å². The third kappa shape index (κ3) is 6.49. The summed E-state index contributed by atoms with van der Waals surface area (Å²) in [6.07, 6.45) is 1.96. The lowest BCUT2D eigenvalue weighted by Gasteiger charge is -2.18. The Morgan fingerprint density at radius 2 is 1.68 bits per heavy atom. The molecule has 0 heterocycles. The van der Waals surface area contributed by atoms with E-state index in [-0.39, 0.29) is 12.3 Å². The fourth-order valence-electron chi connectivity index (χ4n) is 2.40. The SMILES string of the molecule is CCc1ccc(NC(=O)C[C@@H](NS(C)(=O)=O)c2ccc(Cl)cc2)cc1. The normalized spacial score (nSPS) is 12.6. The second-order valence-corrected chi connectivity index (χ2v) is 8.01. The molecule has 0 spiro atoms. The summed E-state index contributed by atoms with van der Waals surface area (Å²) in [4.78, 5) is 12.3. The monoisotopic (exact) mass is 380 g/mol. The third-order valence-electron chi connectivity index (χ3n) is 3.66. The summed E-state index contributed by atoms with van der Waals surface area (Å²) in [5, 5.41) is 3.33. The lowest BCUT2D eigenvalue weighted by atomic mass is 10.0. The van der Waals surface area contributed by atoms with Crippen molar-refractivity contribution in [2.45, 2.75) is 25.8 Å².